The number of H-pyrrole nitrogens is 1. The molecule has 0 unspecified atom stereocenters. The van der Waals surface area contributed by atoms with Gasteiger partial charge in [0.15, 0.2) is 0 Å². The van der Waals surface area contributed by atoms with Gasteiger partial charge >= 0.3 is 5.69 Å². The first-order chi connectivity index (χ1) is 13.1. The molecule has 0 saturated heterocycles. The number of methoxy groups -OCH3 is 1. The van der Waals surface area contributed by atoms with Crippen LogP contribution < -0.4 is 16.0 Å². The quantitative estimate of drug-likeness (QED) is 0.624. The summed E-state index contributed by atoms with van der Waals surface area (Å²) in [6, 6.07) is 7.48. The maximum atomic E-state index is 11.9. The molecule has 0 aliphatic heterocycles. The topological polar surface area (TPSA) is 112 Å². The first-order valence-electron chi connectivity index (χ1n) is 8.11. The van der Waals surface area contributed by atoms with Crippen LogP contribution in [0.1, 0.15) is 11.5 Å². The van der Waals surface area contributed by atoms with Crippen LogP contribution in [0.4, 0.5) is 0 Å². The number of benzene rings is 1. The SMILES string of the molecule is COCCOc1cccc(/C=C/c2nc(-c3cn(C)c(=O)[nH]c3=O)no2)c1. The minimum Gasteiger partial charge on any atom is -0.491 e. The predicted molar refractivity (Wildman–Crippen MR) is 98.3 cm³/mol. The van der Waals surface area contributed by atoms with Crippen LogP contribution in [0.2, 0.25) is 0 Å². The number of aromatic nitrogens is 4. The Kier molecular flexibility index (Phi) is 5.62. The van der Waals surface area contributed by atoms with Crippen LogP contribution in [0, 0.1) is 0 Å². The van der Waals surface area contributed by atoms with Crippen molar-refractivity contribution in [3.8, 4) is 17.1 Å². The smallest absolute Gasteiger partial charge is 0.328 e. The van der Waals surface area contributed by atoms with Crippen LogP contribution >= 0.6 is 0 Å². The number of nitrogens with one attached hydrogen (secondary N) is 1. The summed E-state index contributed by atoms with van der Waals surface area (Å²) in [5.41, 5.74) is -0.0611. The van der Waals surface area contributed by atoms with Crippen LogP contribution in [-0.2, 0) is 11.8 Å². The molecule has 2 aromatic heterocycles. The van der Waals surface area contributed by atoms with Crippen molar-refractivity contribution in [1.82, 2.24) is 19.7 Å². The van der Waals surface area contributed by atoms with E-state index in [0.29, 0.717) is 13.2 Å². The molecule has 140 valence electrons. The largest absolute Gasteiger partial charge is 0.491 e. The minimum atomic E-state index is -0.574. The van der Waals surface area contributed by atoms with Gasteiger partial charge in [-0.2, -0.15) is 4.98 Å². The molecule has 0 aliphatic rings. The highest BCUT2D eigenvalue weighted by molar-refractivity contribution is 5.67. The van der Waals surface area contributed by atoms with Gasteiger partial charge in [0, 0.05) is 26.4 Å². The average Bonchev–Trinajstić information content (AvgIpc) is 3.12. The summed E-state index contributed by atoms with van der Waals surface area (Å²) < 4.78 is 16.9. The molecule has 0 saturated carbocycles. The van der Waals surface area contributed by atoms with Gasteiger partial charge in [-0.3, -0.25) is 9.78 Å². The van der Waals surface area contributed by atoms with Crippen molar-refractivity contribution in [3.63, 3.8) is 0 Å². The second kappa shape index (κ2) is 8.28. The van der Waals surface area contributed by atoms with Gasteiger partial charge in [-0.15, -0.1) is 0 Å². The fraction of sp³-hybridized carbons (Fsp3) is 0.222. The van der Waals surface area contributed by atoms with E-state index in [2.05, 4.69) is 15.1 Å². The van der Waals surface area contributed by atoms with Gasteiger partial charge in [0.2, 0.25) is 5.82 Å². The highest BCUT2D eigenvalue weighted by Gasteiger charge is 2.12. The summed E-state index contributed by atoms with van der Waals surface area (Å²) in [7, 11) is 3.13. The molecule has 9 heteroatoms. The van der Waals surface area contributed by atoms with Crippen molar-refractivity contribution in [2.45, 2.75) is 0 Å². The molecule has 1 aromatic carbocycles. The lowest BCUT2D eigenvalue weighted by Gasteiger charge is -2.05. The second-order valence-electron chi connectivity index (χ2n) is 5.62. The van der Waals surface area contributed by atoms with E-state index >= 15 is 0 Å². The van der Waals surface area contributed by atoms with Crippen LogP contribution in [0.25, 0.3) is 23.5 Å². The van der Waals surface area contributed by atoms with Crippen LogP contribution in [0.15, 0.2) is 44.6 Å². The monoisotopic (exact) mass is 370 g/mol. The third-order valence-electron chi connectivity index (χ3n) is 3.62. The summed E-state index contributed by atoms with van der Waals surface area (Å²) in [6.45, 7) is 0.972. The van der Waals surface area contributed by atoms with Gasteiger partial charge in [0.05, 0.1) is 6.61 Å². The fourth-order valence-electron chi connectivity index (χ4n) is 2.25. The van der Waals surface area contributed by atoms with E-state index in [4.69, 9.17) is 14.0 Å². The molecular weight excluding hydrogens is 352 g/mol. The van der Waals surface area contributed by atoms with E-state index < -0.39 is 11.2 Å². The van der Waals surface area contributed by atoms with Gasteiger partial charge in [0.25, 0.3) is 11.4 Å². The second-order valence-corrected chi connectivity index (χ2v) is 5.62. The maximum Gasteiger partial charge on any atom is 0.328 e. The van der Waals surface area contributed by atoms with E-state index in [1.54, 1.807) is 19.3 Å². The van der Waals surface area contributed by atoms with Crippen molar-refractivity contribution in [1.29, 1.82) is 0 Å². The van der Waals surface area contributed by atoms with Gasteiger partial charge in [-0.1, -0.05) is 17.3 Å². The maximum absolute atomic E-state index is 11.9. The Bertz CT molecular complexity index is 1060. The van der Waals surface area contributed by atoms with E-state index in [1.807, 2.05) is 24.3 Å². The number of aromatic amines is 1. The summed E-state index contributed by atoms with van der Waals surface area (Å²) in [5, 5.41) is 3.79. The zero-order chi connectivity index (χ0) is 19.2. The van der Waals surface area contributed by atoms with Gasteiger partial charge < -0.3 is 18.6 Å². The van der Waals surface area contributed by atoms with Gasteiger partial charge in [-0.25, -0.2) is 4.79 Å². The Labute approximate surface area is 153 Å². The molecule has 0 bridgehead atoms. The van der Waals surface area contributed by atoms with Crippen LogP contribution in [-0.4, -0.2) is 40.0 Å². The minimum absolute atomic E-state index is 0.100. The van der Waals surface area contributed by atoms with Crippen LogP contribution in [0.5, 0.6) is 5.75 Å². The molecule has 0 radical (unpaired) electrons. The lowest BCUT2D eigenvalue weighted by molar-refractivity contribution is 0.146. The number of nitrogens with zero attached hydrogens (tertiary/aromatic N) is 3. The number of rotatable bonds is 7. The highest BCUT2D eigenvalue weighted by atomic mass is 16.5. The van der Waals surface area contributed by atoms with E-state index in [1.165, 1.54) is 17.8 Å². The predicted octanol–water partition coefficient (Wildman–Crippen LogP) is 1.32. The fourth-order valence-corrected chi connectivity index (χ4v) is 2.25. The molecule has 0 amide bonds. The molecule has 9 nitrogen and oxygen atoms in total. The van der Waals surface area contributed by atoms with Crippen molar-refractivity contribution >= 4 is 12.2 Å². The number of aryl methyl sites for hydroxylation is 1. The molecular formula is C18H18N4O5. The molecule has 0 spiro atoms. The third-order valence-corrected chi connectivity index (χ3v) is 3.62. The number of ether oxygens (including phenoxy) is 2. The van der Waals surface area contributed by atoms with E-state index in [0.717, 1.165) is 11.3 Å². The van der Waals surface area contributed by atoms with E-state index in [-0.39, 0.29) is 17.3 Å². The van der Waals surface area contributed by atoms with Crippen LogP contribution in [0.3, 0.4) is 0 Å². The summed E-state index contributed by atoms with van der Waals surface area (Å²) in [4.78, 5) is 29.7. The zero-order valence-electron chi connectivity index (χ0n) is 14.8. The molecule has 0 aliphatic carbocycles. The Morgan fingerprint density at radius 3 is 2.93 bits per heavy atom. The Morgan fingerprint density at radius 1 is 1.26 bits per heavy atom. The first kappa shape index (κ1) is 18.3. The Hall–Kier alpha value is -3.46. The normalized spacial score (nSPS) is 11.2. The van der Waals surface area contributed by atoms with Crippen molar-refractivity contribution in [2.24, 2.45) is 7.05 Å². The molecule has 1 N–H and O–H groups in total. The number of hydrogen-bond acceptors (Lipinski definition) is 7. The summed E-state index contributed by atoms with van der Waals surface area (Å²) in [5.74, 6) is 1.05. The molecule has 0 atom stereocenters. The number of hydrogen-bond donors (Lipinski definition) is 1. The van der Waals surface area contributed by atoms with Crippen molar-refractivity contribution < 1.29 is 14.0 Å². The first-order valence-corrected chi connectivity index (χ1v) is 8.11. The third kappa shape index (κ3) is 4.59. The van der Waals surface area contributed by atoms with Crippen molar-refractivity contribution in [3.05, 3.63) is 62.8 Å². The average molecular weight is 370 g/mol. The van der Waals surface area contributed by atoms with Crippen molar-refractivity contribution in [2.75, 3.05) is 20.3 Å². The highest BCUT2D eigenvalue weighted by Crippen LogP contribution is 2.16. The lowest BCUT2D eigenvalue weighted by Crippen LogP contribution is -2.28. The molecule has 27 heavy (non-hydrogen) atoms. The van der Waals surface area contributed by atoms with E-state index in [9.17, 15) is 9.59 Å². The molecule has 3 rings (SSSR count). The molecule has 0 fully saturated rings. The standard InChI is InChI=1S/C18H18N4O5/c1-22-11-14(17(23)20-18(22)24)16-19-15(27-21-16)7-6-12-4-3-5-13(10-12)26-9-8-25-2/h3-7,10-11H,8-9H2,1-2H3,(H,20,23,24)/b7-6+. The summed E-state index contributed by atoms with van der Waals surface area (Å²) in [6.07, 6.45) is 4.77. The zero-order valence-corrected chi connectivity index (χ0v) is 14.8. The molecule has 2 heterocycles. The molecule has 3 aromatic rings. The summed E-state index contributed by atoms with van der Waals surface area (Å²) >= 11 is 0. The Morgan fingerprint density at radius 2 is 2.11 bits per heavy atom. The lowest BCUT2D eigenvalue weighted by atomic mass is 10.2. The Balaban J connectivity index is 1.76. The van der Waals surface area contributed by atoms with Gasteiger partial charge in [0.1, 0.15) is 17.9 Å². The van der Waals surface area contributed by atoms with Gasteiger partial charge in [-0.05, 0) is 23.8 Å².